The third-order valence-corrected chi connectivity index (χ3v) is 3.74. The molecule has 0 bridgehead atoms. The smallest absolute Gasteiger partial charge is 0.257 e. The van der Waals surface area contributed by atoms with Crippen molar-refractivity contribution in [2.24, 2.45) is 0 Å². The molecule has 0 aromatic heterocycles. The fraction of sp³-hybridized carbons (Fsp3) is 0.125. The van der Waals surface area contributed by atoms with Crippen LogP contribution in [0.5, 0.6) is 0 Å². The fourth-order valence-electron chi connectivity index (χ4n) is 2.33. The highest BCUT2D eigenvalue weighted by Gasteiger charge is 2.17. The summed E-state index contributed by atoms with van der Waals surface area (Å²) in [6.07, 6.45) is 0.805. The summed E-state index contributed by atoms with van der Waals surface area (Å²) < 4.78 is 0. The van der Waals surface area contributed by atoms with Crippen molar-refractivity contribution in [2.75, 3.05) is 11.9 Å². The summed E-state index contributed by atoms with van der Waals surface area (Å²) in [5.74, 6) is -0.401. The molecule has 2 aromatic rings. The zero-order valence-corrected chi connectivity index (χ0v) is 11.9. The molecular formula is C16H13ClN2O2. The quantitative estimate of drug-likeness (QED) is 0.896. The number of benzene rings is 2. The highest BCUT2D eigenvalue weighted by atomic mass is 35.5. The van der Waals surface area contributed by atoms with Crippen LogP contribution >= 0.6 is 11.6 Å². The Balaban J connectivity index is 1.86. The molecule has 0 saturated carbocycles. The van der Waals surface area contributed by atoms with E-state index in [0.29, 0.717) is 28.4 Å². The van der Waals surface area contributed by atoms with E-state index in [1.54, 1.807) is 36.4 Å². The molecule has 2 N–H and O–H groups in total. The van der Waals surface area contributed by atoms with Crippen molar-refractivity contribution < 1.29 is 9.59 Å². The van der Waals surface area contributed by atoms with E-state index >= 15 is 0 Å². The first-order valence-corrected chi connectivity index (χ1v) is 7.00. The molecule has 1 aliphatic heterocycles. The Kier molecular flexibility index (Phi) is 3.62. The minimum atomic E-state index is -0.295. The highest BCUT2D eigenvalue weighted by Crippen LogP contribution is 2.21. The molecule has 3 rings (SSSR count). The van der Waals surface area contributed by atoms with Gasteiger partial charge in [-0.3, -0.25) is 9.59 Å². The SMILES string of the molecule is O=C(Nc1ccc2c(c1)C(=O)NCC2)c1ccccc1Cl. The Morgan fingerprint density at radius 2 is 2.00 bits per heavy atom. The molecule has 2 aromatic carbocycles. The van der Waals surface area contributed by atoms with Crippen LogP contribution in [0.3, 0.4) is 0 Å². The van der Waals surface area contributed by atoms with E-state index in [1.165, 1.54) is 0 Å². The maximum absolute atomic E-state index is 12.2. The molecule has 21 heavy (non-hydrogen) atoms. The van der Waals surface area contributed by atoms with Crippen molar-refractivity contribution in [1.29, 1.82) is 0 Å². The van der Waals surface area contributed by atoms with E-state index < -0.39 is 0 Å². The van der Waals surface area contributed by atoms with Gasteiger partial charge in [-0.25, -0.2) is 0 Å². The van der Waals surface area contributed by atoms with E-state index in [0.717, 1.165) is 12.0 Å². The van der Waals surface area contributed by atoms with Crippen LogP contribution in [0.4, 0.5) is 5.69 Å². The molecule has 5 heteroatoms. The molecule has 0 saturated heterocycles. The van der Waals surface area contributed by atoms with Gasteiger partial charge >= 0.3 is 0 Å². The second-order valence-electron chi connectivity index (χ2n) is 4.81. The molecule has 0 fully saturated rings. The predicted molar refractivity (Wildman–Crippen MR) is 81.9 cm³/mol. The van der Waals surface area contributed by atoms with Crippen molar-refractivity contribution in [1.82, 2.24) is 5.32 Å². The van der Waals surface area contributed by atoms with E-state index in [1.807, 2.05) is 6.07 Å². The van der Waals surface area contributed by atoms with Crippen molar-refractivity contribution in [3.8, 4) is 0 Å². The molecule has 1 aliphatic rings. The van der Waals surface area contributed by atoms with Crippen LogP contribution in [-0.2, 0) is 6.42 Å². The first kappa shape index (κ1) is 13.6. The predicted octanol–water partition coefficient (Wildman–Crippen LogP) is 2.88. The number of hydrogen-bond acceptors (Lipinski definition) is 2. The molecule has 2 amide bonds. The number of anilines is 1. The average Bonchev–Trinajstić information content (AvgIpc) is 2.48. The summed E-state index contributed by atoms with van der Waals surface area (Å²) >= 11 is 6.00. The van der Waals surface area contributed by atoms with Gasteiger partial charge in [0.05, 0.1) is 10.6 Å². The number of carbonyl (C=O) groups excluding carboxylic acids is 2. The number of fused-ring (bicyclic) bond motifs is 1. The van der Waals surface area contributed by atoms with Crippen LogP contribution in [0.1, 0.15) is 26.3 Å². The van der Waals surface area contributed by atoms with Gasteiger partial charge in [-0.2, -0.15) is 0 Å². The van der Waals surface area contributed by atoms with Crippen LogP contribution in [0, 0.1) is 0 Å². The Bertz CT molecular complexity index is 728. The molecular weight excluding hydrogens is 288 g/mol. The molecule has 0 spiro atoms. The molecule has 0 unspecified atom stereocenters. The fourth-order valence-corrected chi connectivity index (χ4v) is 2.55. The average molecular weight is 301 g/mol. The van der Waals surface area contributed by atoms with Crippen molar-refractivity contribution in [3.63, 3.8) is 0 Å². The lowest BCUT2D eigenvalue weighted by molar-refractivity contribution is 0.0944. The third kappa shape index (κ3) is 2.76. The van der Waals surface area contributed by atoms with Crippen LogP contribution in [-0.4, -0.2) is 18.4 Å². The van der Waals surface area contributed by atoms with Crippen LogP contribution in [0.2, 0.25) is 5.02 Å². The van der Waals surface area contributed by atoms with Crippen LogP contribution in [0.25, 0.3) is 0 Å². The minimum absolute atomic E-state index is 0.106. The number of rotatable bonds is 2. The number of hydrogen-bond donors (Lipinski definition) is 2. The summed E-state index contributed by atoms with van der Waals surface area (Å²) in [6.45, 7) is 0.650. The Labute approximate surface area is 127 Å². The molecule has 0 radical (unpaired) electrons. The maximum Gasteiger partial charge on any atom is 0.257 e. The van der Waals surface area contributed by atoms with E-state index in [2.05, 4.69) is 10.6 Å². The van der Waals surface area contributed by atoms with Gasteiger partial charge in [-0.1, -0.05) is 29.8 Å². The first-order valence-electron chi connectivity index (χ1n) is 6.62. The summed E-state index contributed by atoms with van der Waals surface area (Å²) in [5, 5.41) is 5.95. The zero-order valence-electron chi connectivity index (χ0n) is 11.2. The zero-order chi connectivity index (χ0) is 14.8. The van der Waals surface area contributed by atoms with Gasteiger partial charge in [0.1, 0.15) is 0 Å². The third-order valence-electron chi connectivity index (χ3n) is 3.41. The number of carbonyl (C=O) groups is 2. The lowest BCUT2D eigenvalue weighted by Gasteiger charge is -2.17. The summed E-state index contributed by atoms with van der Waals surface area (Å²) in [6, 6.07) is 12.2. The van der Waals surface area contributed by atoms with E-state index in [-0.39, 0.29) is 11.8 Å². The number of halogens is 1. The Hall–Kier alpha value is -2.33. The summed E-state index contributed by atoms with van der Waals surface area (Å²) in [4.78, 5) is 24.0. The molecule has 4 nitrogen and oxygen atoms in total. The van der Waals surface area contributed by atoms with E-state index in [4.69, 9.17) is 11.6 Å². The molecule has 106 valence electrons. The second kappa shape index (κ2) is 5.58. The lowest BCUT2D eigenvalue weighted by Crippen LogP contribution is -2.31. The first-order chi connectivity index (χ1) is 10.1. The highest BCUT2D eigenvalue weighted by molar-refractivity contribution is 6.34. The monoisotopic (exact) mass is 300 g/mol. The van der Waals surface area contributed by atoms with Crippen molar-refractivity contribution in [3.05, 3.63) is 64.2 Å². The van der Waals surface area contributed by atoms with Crippen molar-refractivity contribution >= 4 is 29.1 Å². The van der Waals surface area contributed by atoms with Crippen molar-refractivity contribution in [2.45, 2.75) is 6.42 Å². The van der Waals surface area contributed by atoms with Gasteiger partial charge in [0.15, 0.2) is 0 Å². The van der Waals surface area contributed by atoms with E-state index in [9.17, 15) is 9.59 Å². The largest absolute Gasteiger partial charge is 0.352 e. The van der Waals surface area contributed by atoms with Gasteiger partial charge in [-0.15, -0.1) is 0 Å². The Morgan fingerprint density at radius 3 is 2.81 bits per heavy atom. The maximum atomic E-state index is 12.2. The topological polar surface area (TPSA) is 58.2 Å². The second-order valence-corrected chi connectivity index (χ2v) is 5.22. The van der Waals surface area contributed by atoms with Gasteiger partial charge in [0, 0.05) is 17.8 Å². The van der Waals surface area contributed by atoms with Gasteiger partial charge < -0.3 is 10.6 Å². The Morgan fingerprint density at radius 1 is 1.19 bits per heavy atom. The molecule has 0 aliphatic carbocycles. The standard InChI is InChI=1S/C16H13ClN2O2/c17-14-4-2-1-3-12(14)16(21)19-11-6-5-10-7-8-18-15(20)13(10)9-11/h1-6,9H,7-8H2,(H,18,20)(H,19,21). The number of amides is 2. The summed E-state index contributed by atoms with van der Waals surface area (Å²) in [5.41, 5.74) is 2.59. The summed E-state index contributed by atoms with van der Waals surface area (Å²) in [7, 11) is 0. The van der Waals surface area contributed by atoms with Gasteiger partial charge in [0.25, 0.3) is 11.8 Å². The van der Waals surface area contributed by atoms with Crippen LogP contribution < -0.4 is 10.6 Å². The molecule has 0 atom stereocenters. The minimum Gasteiger partial charge on any atom is -0.352 e. The molecule has 1 heterocycles. The lowest BCUT2D eigenvalue weighted by atomic mass is 10.00. The van der Waals surface area contributed by atoms with Gasteiger partial charge in [-0.05, 0) is 36.2 Å². The van der Waals surface area contributed by atoms with Gasteiger partial charge in [0.2, 0.25) is 0 Å². The normalized spacial score (nSPS) is 13.3. The number of nitrogens with one attached hydrogen (secondary N) is 2. The van der Waals surface area contributed by atoms with Crippen LogP contribution in [0.15, 0.2) is 42.5 Å².